The van der Waals surface area contributed by atoms with Crippen molar-refractivity contribution in [2.45, 2.75) is 6.43 Å². The molecule has 82 valence electrons. The molecule has 3 N–H and O–H groups in total. The summed E-state index contributed by atoms with van der Waals surface area (Å²) in [5, 5.41) is 3.00. The van der Waals surface area contributed by atoms with Crippen LogP contribution in [0.2, 0.25) is 5.02 Å². The lowest BCUT2D eigenvalue weighted by Crippen LogP contribution is -2.16. The maximum Gasteiger partial charge on any atom is 0.255 e. The third kappa shape index (κ3) is 3.60. The molecule has 0 radical (unpaired) electrons. The van der Waals surface area contributed by atoms with Crippen LogP contribution in [0.25, 0.3) is 0 Å². The zero-order chi connectivity index (χ0) is 11.4. The second kappa shape index (κ2) is 5.23. The van der Waals surface area contributed by atoms with E-state index in [1.807, 2.05) is 0 Å². The summed E-state index contributed by atoms with van der Waals surface area (Å²) in [4.78, 5) is 0.120. The highest BCUT2D eigenvalue weighted by Crippen LogP contribution is 2.20. The summed E-state index contributed by atoms with van der Waals surface area (Å²) in [6.45, 7) is -0.447. The zero-order valence-corrected chi connectivity index (χ0v) is 9.21. The standard InChI is InChI=1S/C9H9ClF2N2S/c10-5-1-2-7(14-4-8(11)12)6(3-5)9(13)15/h1-3,8,14H,4H2,(H2,13,15). The van der Waals surface area contributed by atoms with E-state index >= 15 is 0 Å². The number of hydrogen-bond acceptors (Lipinski definition) is 2. The minimum atomic E-state index is -2.43. The first-order chi connectivity index (χ1) is 7.00. The predicted octanol–water partition coefficient (Wildman–Crippen LogP) is 2.65. The predicted molar refractivity (Wildman–Crippen MR) is 61.8 cm³/mol. The van der Waals surface area contributed by atoms with Crippen LogP contribution in [0.3, 0.4) is 0 Å². The van der Waals surface area contributed by atoms with E-state index in [-0.39, 0.29) is 4.99 Å². The third-order valence-electron chi connectivity index (χ3n) is 1.69. The fourth-order valence-electron chi connectivity index (χ4n) is 1.06. The maximum atomic E-state index is 12.0. The molecule has 0 atom stereocenters. The molecular formula is C9H9ClF2N2S. The van der Waals surface area contributed by atoms with Gasteiger partial charge in [-0.15, -0.1) is 0 Å². The van der Waals surface area contributed by atoms with Crippen molar-refractivity contribution in [1.29, 1.82) is 0 Å². The number of nitrogens with two attached hydrogens (primary N) is 1. The van der Waals surface area contributed by atoms with Crippen molar-refractivity contribution in [3.05, 3.63) is 28.8 Å². The average molecular weight is 251 g/mol. The molecule has 0 bridgehead atoms. The monoisotopic (exact) mass is 250 g/mol. The molecule has 0 fully saturated rings. The van der Waals surface area contributed by atoms with Gasteiger partial charge in [0.15, 0.2) is 0 Å². The minimum absolute atomic E-state index is 0.120. The highest BCUT2D eigenvalue weighted by Gasteiger charge is 2.08. The van der Waals surface area contributed by atoms with Gasteiger partial charge < -0.3 is 11.1 Å². The summed E-state index contributed by atoms with van der Waals surface area (Å²) in [5.41, 5.74) is 6.37. The van der Waals surface area contributed by atoms with Gasteiger partial charge in [-0.25, -0.2) is 8.78 Å². The summed E-state index contributed by atoms with van der Waals surface area (Å²) in [5.74, 6) is 0. The number of anilines is 1. The molecule has 0 saturated carbocycles. The molecule has 1 aromatic rings. The Kier molecular flexibility index (Phi) is 4.23. The lowest BCUT2D eigenvalue weighted by atomic mass is 10.2. The van der Waals surface area contributed by atoms with Crippen molar-refractivity contribution < 1.29 is 8.78 Å². The topological polar surface area (TPSA) is 38.0 Å². The normalized spacial score (nSPS) is 10.4. The minimum Gasteiger partial charge on any atom is -0.389 e. The SMILES string of the molecule is NC(=S)c1cc(Cl)ccc1NCC(F)F. The van der Waals surface area contributed by atoms with Crippen LogP contribution in [0.15, 0.2) is 18.2 Å². The number of rotatable bonds is 4. The lowest BCUT2D eigenvalue weighted by molar-refractivity contribution is 0.163. The fourth-order valence-corrected chi connectivity index (χ4v) is 1.40. The molecule has 1 rings (SSSR count). The van der Waals surface area contributed by atoms with E-state index in [0.29, 0.717) is 16.3 Å². The lowest BCUT2D eigenvalue weighted by Gasteiger charge is -2.10. The number of benzene rings is 1. The molecular weight excluding hydrogens is 242 g/mol. The van der Waals surface area contributed by atoms with E-state index in [0.717, 1.165) is 0 Å². The molecule has 0 aliphatic heterocycles. The molecule has 0 aliphatic rings. The van der Waals surface area contributed by atoms with Crippen LogP contribution in [0.5, 0.6) is 0 Å². The fraction of sp³-hybridized carbons (Fsp3) is 0.222. The van der Waals surface area contributed by atoms with Crippen LogP contribution < -0.4 is 11.1 Å². The molecule has 6 heteroatoms. The van der Waals surface area contributed by atoms with Crippen molar-refractivity contribution >= 4 is 34.5 Å². The van der Waals surface area contributed by atoms with E-state index < -0.39 is 13.0 Å². The largest absolute Gasteiger partial charge is 0.389 e. The van der Waals surface area contributed by atoms with Crippen LogP contribution in [0.4, 0.5) is 14.5 Å². The smallest absolute Gasteiger partial charge is 0.255 e. The van der Waals surface area contributed by atoms with Crippen LogP contribution in [0.1, 0.15) is 5.56 Å². The van der Waals surface area contributed by atoms with E-state index in [1.165, 1.54) is 6.07 Å². The van der Waals surface area contributed by atoms with Crippen molar-refractivity contribution in [2.75, 3.05) is 11.9 Å². The molecule has 0 saturated heterocycles. The van der Waals surface area contributed by atoms with Crippen LogP contribution in [-0.2, 0) is 0 Å². The summed E-state index contributed by atoms with van der Waals surface area (Å²) < 4.78 is 24.0. The number of hydrogen-bond donors (Lipinski definition) is 2. The number of alkyl halides is 2. The van der Waals surface area contributed by atoms with Gasteiger partial charge in [-0.2, -0.15) is 0 Å². The highest BCUT2D eigenvalue weighted by atomic mass is 35.5. The molecule has 15 heavy (non-hydrogen) atoms. The van der Waals surface area contributed by atoms with E-state index in [1.54, 1.807) is 12.1 Å². The van der Waals surface area contributed by atoms with E-state index in [2.05, 4.69) is 5.32 Å². The highest BCUT2D eigenvalue weighted by molar-refractivity contribution is 7.80. The van der Waals surface area contributed by atoms with Gasteiger partial charge in [0.1, 0.15) is 4.99 Å². The van der Waals surface area contributed by atoms with Gasteiger partial charge in [0.05, 0.1) is 6.54 Å². The van der Waals surface area contributed by atoms with Gasteiger partial charge in [-0.05, 0) is 18.2 Å². The molecule has 0 amide bonds. The molecule has 0 aliphatic carbocycles. The van der Waals surface area contributed by atoms with Crippen molar-refractivity contribution in [3.63, 3.8) is 0 Å². The van der Waals surface area contributed by atoms with Crippen LogP contribution in [0, 0.1) is 0 Å². The Bertz CT molecular complexity index is 371. The van der Waals surface area contributed by atoms with Gasteiger partial charge in [0, 0.05) is 16.3 Å². The Labute approximate surface area is 96.4 Å². The van der Waals surface area contributed by atoms with E-state index in [4.69, 9.17) is 29.6 Å². The molecule has 1 aromatic carbocycles. The maximum absolute atomic E-state index is 12.0. The summed E-state index contributed by atoms with van der Waals surface area (Å²) >= 11 is 10.5. The van der Waals surface area contributed by atoms with Gasteiger partial charge in [-0.3, -0.25) is 0 Å². The third-order valence-corrected chi connectivity index (χ3v) is 2.15. The first-order valence-corrected chi connectivity index (χ1v) is 4.90. The Hall–Kier alpha value is -0.940. The summed E-state index contributed by atoms with van der Waals surface area (Å²) in [7, 11) is 0. The Balaban J connectivity index is 2.91. The van der Waals surface area contributed by atoms with Crippen LogP contribution >= 0.6 is 23.8 Å². The zero-order valence-electron chi connectivity index (χ0n) is 7.64. The summed E-state index contributed by atoms with van der Waals surface area (Å²) in [6.07, 6.45) is -2.43. The number of thiocarbonyl (C=S) groups is 1. The molecule has 0 aromatic heterocycles. The van der Waals surface area contributed by atoms with Crippen molar-refractivity contribution in [3.8, 4) is 0 Å². The molecule has 0 spiro atoms. The second-order valence-corrected chi connectivity index (χ2v) is 3.70. The van der Waals surface area contributed by atoms with E-state index in [9.17, 15) is 8.78 Å². The Morgan fingerprint density at radius 3 is 2.73 bits per heavy atom. The second-order valence-electron chi connectivity index (χ2n) is 2.83. The van der Waals surface area contributed by atoms with Crippen molar-refractivity contribution in [1.82, 2.24) is 0 Å². The quantitative estimate of drug-likeness (QED) is 0.807. The first kappa shape index (κ1) is 12.1. The Morgan fingerprint density at radius 2 is 2.20 bits per heavy atom. The van der Waals surface area contributed by atoms with Crippen LogP contribution in [-0.4, -0.2) is 18.0 Å². The van der Waals surface area contributed by atoms with Crippen molar-refractivity contribution in [2.24, 2.45) is 5.73 Å². The molecule has 0 heterocycles. The first-order valence-electron chi connectivity index (χ1n) is 4.12. The summed E-state index contributed by atoms with van der Waals surface area (Å²) in [6, 6.07) is 4.69. The van der Waals surface area contributed by atoms with Gasteiger partial charge >= 0.3 is 0 Å². The molecule has 2 nitrogen and oxygen atoms in total. The van der Waals surface area contributed by atoms with Gasteiger partial charge in [0.25, 0.3) is 6.43 Å². The number of halogens is 3. The Morgan fingerprint density at radius 1 is 1.53 bits per heavy atom. The number of nitrogens with one attached hydrogen (secondary N) is 1. The van der Waals surface area contributed by atoms with Gasteiger partial charge in [-0.1, -0.05) is 23.8 Å². The average Bonchev–Trinajstić information content (AvgIpc) is 2.15. The molecule has 0 unspecified atom stereocenters. The van der Waals surface area contributed by atoms with Gasteiger partial charge in [0.2, 0.25) is 0 Å².